The van der Waals surface area contributed by atoms with Gasteiger partial charge in [0, 0.05) is 18.5 Å². The smallest absolute Gasteiger partial charge is 0.130 e. The van der Waals surface area contributed by atoms with Gasteiger partial charge in [-0.25, -0.2) is 9.97 Å². The van der Waals surface area contributed by atoms with Crippen LogP contribution in [0.2, 0.25) is 0 Å². The summed E-state index contributed by atoms with van der Waals surface area (Å²) in [6.07, 6.45) is 3.53. The Hall–Kier alpha value is -0.520. The van der Waals surface area contributed by atoms with E-state index in [1.54, 1.807) is 18.1 Å². The molecule has 1 aromatic heterocycles. The van der Waals surface area contributed by atoms with Gasteiger partial charge < -0.3 is 10.1 Å². The summed E-state index contributed by atoms with van der Waals surface area (Å²) in [5.41, 5.74) is 0. The minimum absolute atomic E-state index is 0.532. The summed E-state index contributed by atoms with van der Waals surface area (Å²) in [5.74, 6) is 1.35. The molecule has 0 atom stereocenters. The average Bonchev–Trinajstić information content (AvgIpc) is 2.29. The molecule has 0 saturated carbocycles. The Morgan fingerprint density at radius 3 is 3.07 bits per heavy atom. The lowest BCUT2D eigenvalue weighted by Gasteiger charge is -2.06. The molecule has 0 amide bonds. The molecule has 0 aromatic carbocycles. The van der Waals surface area contributed by atoms with Crippen LogP contribution in [0.1, 0.15) is 0 Å². The highest BCUT2D eigenvalue weighted by atomic mass is 35.5. The molecule has 6 heteroatoms. The number of hydrogen-bond donors (Lipinski definition) is 1. The summed E-state index contributed by atoms with van der Waals surface area (Å²) in [6.45, 7) is 1.94. The van der Waals surface area contributed by atoms with Gasteiger partial charge in [0.2, 0.25) is 0 Å². The molecule has 1 N–H and O–H groups in total. The van der Waals surface area contributed by atoms with Gasteiger partial charge in [0.1, 0.15) is 17.2 Å². The summed E-state index contributed by atoms with van der Waals surface area (Å²) in [7, 11) is 0. The molecule has 0 saturated heterocycles. The zero-order valence-corrected chi connectivity index (χ0v) is 10.1. The van der Waals surface area contributed by atoms with E-state index in [9.17, 15) is 0 Å². The van der Waals surface area contributed by atoms with Gasteiger partial charge in [-0.3, -0.25) is 0 Å². The van der Waals surface area contributed by atoms with Crippen molar-refractivity contribution in [1.29, 1.82) is 0 Å². The van der Waals surface area contributed by atoms with Crippen molar-refractivity contribution in [2.75, 3.05) is 37.2 Å². The van der Waals surface area contributed by atoms with E-state index < -0.39 is 0 Å². The number of thioether (sulfide) groups is 1. The Morgan fingerprint density at radius 1 is 1.47 bits per heavy atom. The molecule has 1 rings (SSSR count). The third-order valence-corrected chi connectivity index (χ3v) is 2.42. The van der Waals surface area contributed by atoms with Gasteiger partial charge in [0.25, 0.3) is 0 Å². The first kappa shape index (κ1) is 12.5. The Morgan fingerprint density at radius 2 is 2.33 bits per heavy atom. The van der Waals surface area contributed by atoms with Crippen LogP contribution in [0.5, 0.6) is 0 Å². The minimum Gasteiger partial charge on any atom is -0.378 e. The Bertz CT molecular complexity index is 288. The van der Waals surface area contributed by atoms with Crippen molar-refractivity contribution < 1.29 is 4.74 Å². The molecular weight excluding hydrogens is 234 g/mol. The highest BCUT2D eigenvalue weighted by molar-refractivity contribution is 7.98. The summed E-state index contributed by atoms with van der Waals surface area (Å²) in [4.78, 5) is 8.17. The van der Waals surface area contributed by atoms with Gasteiger partial charge in [0.15, 0.2) is 0 Å². The Labute approximate surface area is 98.8 Å². The second-order valence-electron chi connectivity index (χ2n) is 2.67. The molecule has 1 aromatic rings. The third-order valence-electron chi connectivity index (χ3n) is 1.63. The van der Waals surface area contributed by atoms with Crippen LogP contribution < -0.4 is 5.32 Å². The maximum atomic E-state index is 5.47. The lowest BCUT2D eigenvalue weighted by Crippen LogP contribution is -2.11. The maximum Gasteiger partial charge on any atom is 0.130 e. The van der Waals surface area contributed by atoms with E-state index in [-0.39, 0.29) is 0 Å². The van der Waals surface area contributed by atoms with E-state index in [2.05, 4.69) is 15.3 Å². The second kappa shape index (κ2) is 7.73. The lowest BCUT2D eigenvalue weighted by molar-refractivity contribution is 0.160. The van der Waals surface area contributed by atoms with Crippen molar-refractivity contribution in [1.82, 2.24) is 9.97 Å². The first-order valence-electron chi connectivity index (χ1n) is 4.60. The molecule has 0 bridgehead atoms. The highest BCUT2D eigenvalue weighted by Gasteiger charge is 1.96. The largest absolute Gasteiger partial charge is 0.378 e. The fourth-order valence-corrected chi connectivity index (χ4v) is 1.45. The third kappa shape index (κ3) is 5.20. The number of alkyl halides is 1. The molecule has 0 spiro atoms. The normalized spacial score (nSPS) is 10.3. The summed E-state index contributed by atoms with van der Waals surface area (Å²) in [6, 6.07) is 1.91. The first-order valence-corrected chi connectivity index (χ1v) is 6.36. The van der Waals surface area contributed by atoms with Gasteiger partial charge in [0.05, 0.1) is 13.2 Å². The van der Waals surface area contributed by atoms with Crippen LogP contribution >= 0.6 is 23.4 Å². The van der Waals surface area contributed by atoms with E-state index in [0.29, 0.717) is 19.1 Å². The topological polar surface area (TPSA) is 47.0 Å². The molecule has 0 aliphatic carbocycles. The average molecular weight is 248 g/mol. The fourth-order valence-electron chi connectivity index (χ4n) is 0.956. The second-order valence-corrected chi connectivity index (χ2v) is 3.88. The minimum atomic E-state index is 0.532. The van der Waals surface area contributed by atoms with Crippen molar-refractivity contribution in [3.63, 3.8) is 0 Å². The van der Waals surface area contributed by atoms with Crippen molar-refractivity contribution in [3.8, 4) is 0 Å². The lowest BCUT2D eigenvalue weighted by atomic mass is 10.5. The molecule has 0 radical (unpaired) electrons. The molecule has 0 fully saturated rings. The van der Waals surface area contributed by atoms with Crippen LogP contribution in [0.3, 0.4) is 0 Å². The van der Waals surface area contributed by atoms with E-state index in [1.165, 1.54) is 0 Å². The molecule has 84 valence electrons. The number of aromatic nitrogens is 2. The van der Waals surface area contributed by atoms with Crippen molar-refractivity contribution in [2.45, 2.75) is 5.03 Å². The number of halogens is 1. The van der Waals surface area contributed by atoms with Crippen LogP contribution in [0.25, 0.3) is 0 Å². The van der Waals surface area contributed by atoms with Gasteiger partial charge in [-0.2, -0.15) is 0 Å². The zero-order chi connectivity index (χ0) is 10.9. The molecule has 0 aliphatic heterocycles. The number of rotatable bonds is 7. The monoisotopic (exact) mass is 247 g/mol. The van der Waals surface area contributed by atoms with Gasteiger partial charge in [-0.05, 0) is 6.26 Å². The van der Waals surface area contributed by atoms with Gasteiger partial charge >= 0.3 is 0 Å². The fraction of sp³-hybridized carbons (Fsp3) is 0.556. The van der Waals surface area contributed by atoms with E-state index in [0.717, 1.165) is 17.4 Å². The van der Waals surface area contributed by atoms with E-state index in [4.69, 9.17) is 16.3 Å². The SMILES string of the molecule is CSc1cc(NCCOCCCl)ncn1. The Balaban J connectivity index is 2.24. The molecule has 1 heterocycles. The first-order chi connectivity index (χ1) is 7.36. The number of nitrogens with one attached hydrogen (secondary N) is 1. The maximum absolute atomic E-state index is 5.47. The quantitative estimate of drug-likeness (QED) is 0.345. The molecule has 0 unspecified atom stereocenters. The highest BCUT2D eigenvalue weighted by Crippen LogP contribution is 2.13. The zero-order valence-electron chi connectivity index (χ0n) is 8.57. The molecular formula is C9H14ClN3OS. The van der Waals surface area contributed by atoms with Crippen LogP contribution in [0.15, 0.2) is 17.4 Å². The molecule has 15 heavy (non-hydrogen) atoms. The number of anilines is 1. The summed E-state index contributed by atoms with van der Waals surface area (Å²) >= 11 is 7.06. The molecule has 0 aliphatic rings. The summed E-state index contributed by atoms with van der Waals surface area (Å²) < 4.78 is 5.22. The van der Waals surface area contributed by atoms with Crippen molar-refractivity contribution >= 4 is 29.2 Å². The van der Waals surface area contributed by atoms with Gasteiger partial charge in [-0.15, -0.1) is 23.4 Å². The van der Waals surface area contributed by atoms with Crippen LogP contribution in [-0.4, -0.2) is 41.9 Å². The predicted molar refractivity (Wildman–Crippen MR) is 63.8 cm³/mol. The van der Waals surface area contributed by atoms with Gasteiger partial charge in [-0.1, -0.05) is 0 Å². The Kier molecular flexibility index (Phi) is 6.47. The standard InChI is InChI=1S/C9H14ClN3OS/c1-15-9-6-8(12-7-13-9)11-3-5-14-4-2-10/h6-7H,2-5H2,1H3,(H,11,12,13). The predicted octanol–water partition coefficient (Wildman–Crippen LogP) is 1.87. The van der Waals surface area contributed by atoms with E-state index in [1.807, 2.05) is 12.3 Å². The number of hydrogen-bond acceptors (Lipinski definition) is 5. The van der Waals surface area contributed by atoms with Crippen LogP contribution in [0.4, 0.5) is 5.82 Å². The number of ether oxygens (including phenoxy) is 1. The summed E-state index contributed by atoms with van der Waals surface area (Å²) in [5, 5.41) is 4.10. The number of nitrogens with zero attached hydrogens (tertiary/aromatic N) is 2. The van der Waals surface area contributed by atoms with E-state index >= 15 is 0 Å². The van der Waals surface area contributed by atoms with Crippen molar-refractivity contribution in [3.05, 3.63) is 12.4 Å². The molecule has 4 nitrogen and oxygen atoms in total. The van der Waals surface area contributed by atoms with Crippen molar-refractivity contribution in [2.24, 2.45) is 0 Å². The van der Waals surface area contributed by atoms with Crippen LogP contribution in [0, 0.1) is 0 Å². The van der Waals surface area contributed by atoms with Crippen LogP contribution in [-0.2, 0) is 4.74 Å².